The zero-order valence-corrected chi connectivity index (χ0v) is 14.0. The second-order valence-electron chi connectivity index (χ2n) is 4.59. The van der Waals surface area contributed by atoms with E-state index in [0.717, 1.165) is 16.5 Å². The van der Waals surface area contributed by atoms with Crippen LogP contribution >= 0.6 is 27.5 Å². The molecule has 1 aromatic heterocycles. The molecule has 0 saturated heterocycles. The predicted molar refractivity (Wildman–Crippen MR) is 87.4 cm³/mol. The summed E-state index contributed by atoms with van der Waals surface area (Å²) >= 11 is 9.17. The number of alkyl halides is 1. The van der Waals surface area contributed by atoms with Crippen molar-refractivity contribution in [3.63, 3.8) is 0 Å². The lowest BCUT2D eigenvalue weighted by atomic mass is 10.2. The van der Waals surface area contributed by atoms with Crippen LogP contribution in [0.4, 0.5) is 0 Å². The fourth-order valence-corrected chi connectivity index (χ4v) is 4.73. The zero-order valence-electron chi connectivity index (χ0n) is 10.8. The van der Waals surface area contributed by atoms with Crippen molar-refractivity contribution in [2.75, 3.05) is 0 Å². The van der Waals surface area contributed by atoms with Crippen molar-refractivity contribution in [3.05, 3.63) is 58.7 Å². The standard InChI is InChI=1S/C15H11BrClNO2S/c16-13-3-1-2-4-15(13)21(19,20)11-5-6-14-12(7-11)10(8-17)9-18-14/h1-7,9,18H,8H2. The molecule has 0 fully saturated rings. The average molecular weight is 385 g/mol. The molecule has 3 nitrogen and oxygen atoms in total. The largest absolute Gasteiger partial charge is 0.361 e. The van der Waals surface area contributed by atoms with Gasteiger partial charge in [-0.2, -0.15) is 0 Å². The van der Waals surface area contributed by atoms with E-state index in [1.807, 2.05) is 0 Å². The first-order valence-corrected chi connectivity index (χ1v) is 9.00. The molecule has 0 radical (unpaired) electrons. The lowest BCUT2D eigenvalue weighted by molar-refractivity contribution is 0.596. The van der Waals surface area contributed by atoms with Gasteiger partial charge >= 0.3 is 0 Å². The lowest BCUT2D eigenvalue weighted by Crippen LogP contribution is -2.02. The Morgan fingerprint density at radius 2 is 1.90 bits per heavy atom. The van der Waals surface area contributed by atoms with Gasteiger partial charge in [0.05, 0.1) is 9.79 Å². The number of fused-ring (bicyclic) bond motifs is 1. The minimum atomic E-state index is -3.57. The average Bonchev–Trinajstić information content (AvgIpc) is 2.89. The maximum atomic E-state index is 12.7. The second-order valence-corrected chi connectivity index (χ2v) is 7.63. The third-order valence-electron chi connectivity index (χ3n) is 3.32. The van der Waals surface area contributed by atoms with Gasteiger partial charge in [-0.05, 0) is 51.8 Å². The van der Waals surface area contributed by atoms with Gasteiger partial charge in [0.1, 0.15) is 0 Å². The first kappa shape index (κ1) is 14.6. The lowest BCUT2D eigenvalue weighted by Gasteiger charge is -2.07. The van der Waals surface area contributed by atoms with E-state index in [9.17, 15) is 8.42 Å². The molecule has 0 bridgehead atoms. The molecule has 21 heavy (non-hydrogen) atoms. The SMILES string of the molecule is O=S(=O)(c1ccc2[nH]cc(CCl)c2c1)c1ccccc1Br. The Morgan fingerprint density at radius 1 is 1.14 bits per heavy atom. The maximum absolute atomic E-state index is 12.7. The van der Waals surface area contributed by atoms with Crippen LogP contribution in [0.2, 0.25) is 0 Å². The Balaban J connectivity index is 2.22. The van der Waals surface area contributed by atoms with E-state index in [4.69, 9.17) is 11.6 Å². The Morgan fingerprint density at radius 3 is 2.62 bits per heavy atom. The van der Waals surface area contributed by atoms with Crippen LogP contribution in [0.5, 0.6) is 0 Å². The van der Waals surface area contributed by atoms with Crippen molar-refractivity contribution < 1.29 is 8.42 Å². The number of halogens is 2. The van der Waals surface area contributed by atoms with E-state index < -0.39 is 9.84 Å². The van der Waals surface area contributed by atoms with Crippen LogP contribution in [0, 0.1) is 0 Å². The maximum Gasteiger partial charge on any atom is 0.207 e. The van der Waals surface area contributed by atoms with Crippen molar-refractivity contribution in [2.45, 2.75) is 15.7 Å². The van der Waals surface area contributed by atoms with Gasteiger partial charge in [0, 0.05) is 27.5 Å². The molecule has 0 spiro atoms. The first-order chi connectivity index (χ1) is 10.0. The van der Waals surface area contributed by atoms with E-state index in [1.165, 1.54) is 0 Å². The van der Waals surface area contributed by atoms with Crippen molar-refractivity contribution >= 4 is 48.3 Å². The van der Waals surface area contributed by atoms with Crippen LogP contribution in [0.1, 0.15) is 5.56 Å². The first-order valence-electron chi connectivity index (χ1n) is 6.19. The summed E-state index contributed by atoms with van der Waals surface area (Å²) in [5.74, 6) is 0.332. The smallest absolute Gasteiger partial charge is 0.207 e. The van der Waals surface area contributed by atoms with Gasteiger partial charge in [-0.25, -0.2) is 8.42 Å². The number of aromatic amines is 1. The van der Waals surface area contributed by atoms with Gasteiger partial charge < -0.3 is 4.98 Å². The molecule has 1 heterocycles. The predicted octanol–water partition coefficient (Wildman–Crippen LogP) is 4.50. The van der Waals surface area contributed by atoms with Gasteiger partial charge in [-0.3, -0.25) is 0 Å². The molecule has 3 aromatic rings. The number of aromatic nitrogens is 1. The summed E-state index contributed by atoms with van der Waals surface area (Å²) in [7, 11) is -3.57. The number of H-pyrrole nitrogens is 1. The molecule has 2 aromatic carbocycles. The number of rotatable bonds is 3. The number of benzene rings is 2. The van der Waals surface area contributed by atoms with Crippen LogP contribution in [0.15, 0.2) is 62.9 Å². The quantitative estimate of drug-likeness (QED) is 0.676. The number of hydrogen-bond donors (Lipinski definition) is 1. The molecule has 6 heteroatoms. The van der Waals surface area contributed by atoms with Crippen LogP contribution in [0.25, 0.3) is 10.9 Å². The third kappa shape index (κ3) is 2.50. The Hall–Kier alpha value is -1.30. The van der Waals surface area contributed by atoms with E-state index in [0.29, 0.717) is 10.4 Å². The van der Waals surface area contributed by atoms with E-state index in [2.05, 4.69) is 20.9 Å². The molecule has 1 N–H and O–H groups in total. The van der Waals surface area contributed by atoms with Gasteiger partial charge in [0.25, 0.3) is 0 Å². The van der Waals surface area contributed by atoms with Crippen LogP contribution in [-0.4, -0.2) is 13.4 Å². The molecule has 3 rings (SSSR count). The van der Waals surface area contributed by atoms with Gasteiger partial charge in [-0.15, -0.1) is 11.6 Å². The number of sulfone groups is 1. The zero-order chi connectivity index (χ0) is 15.0. The molecule has 108 valence electrons. The highest BCUT2D eigenvalue weighted by atomic mass is 79.9. The normalized spacial score (nSPS) is 11.9. The second kappa shape index (κ2) is 5.48. The van der Waals surface area contributed by atoms with Crippen LogP contribution in [-0.2, 0) is 15.7 Å². The minimum Gasteiger partial charge on any atom is -0.361 e. The van der Waals surface area contributed by atoms with E-state index >= 15 is 0 Å². The van der Waals surface area contributed by atoms with Crippen molar-refractivity contribution in [3.8, 4) is 0 Å². The monoisotopic (exact) mass is 383 g/mol. The highest BCUT2D eigenvalue weighted by Crippen LogP contribution is 2.30. The molecule has 0 aliphatic carbocycles. The fraction of sp³-hybridized carbons (Fsp3) is 0.0667. The molecule has 0 saturated carbocycles. The van der Waals surface area contributed by atoms with E-state index in [-0.39, 0.29) is 9.79 Å². The summed E-state index contributed by atoms with van der Waals surface area (Å²) in [6.45, 7) is 0. The van der Waals surface area contributed by atoms with Gasteiger partial charge in [0.15, 0.2) is 0 Å². The number of hydrogen-bond acceptors (Lipinski definition) is 2. The van der Waals surface area contributed by atoms with Crippen LogP contribution in [0.3, 0.4) is 0 Å². The number of nitrogens with one attached hydrogen (secondary N) is 1. The third-order valence-corrected chi connectivity index (χ3v) is 6.37. The summed E-state index contributed by atoms with van der Waals surface area (Å²) in [5.41, 5.74) is 1.76. The van der Waals surface area contributed by atoms with Crippen LogP contribution < -0.4 is 0 Å². The van der Waals surface area contributed by atoms with Gasteiger partial charge in [0.2, 0.25) is 9.84 Å². The van der Waals surface area contributed by atoms with Crippen molar-refractivity contribution in [1.29, 1.82) is 0 Å². The molecule has 0 atom stereocenters. The summed E-state index contributed by atoms with van der Waals surface area (Å²) in [6.07, 6.45) is 1.80. The highest BCUT2D eigenvalue weighted by Gasteiger charge is 2.21. The molecule has 0 aliphatic rings. The van der Waals surface area contributed by atoms with E-state index in [1.54, 1.807) is 48.7 Å². The van der Waals surface area contributed by atoms with Crippen molar-refractivity contribution in [2.24, 2.45) is 0 Å². The molecule has 0 unspecified atom stereocenters. The fourth-order valence-electron chi connectivity index (χ4n) is 2.22. The Bertz CT molecular complexity index is 918. The Labute approximate surface area is 136 Å². The molecular weight excluding hydrogens is 374 g/mol. The molecular formula is C15H11BrClNO2S. The summed E-state index contributed by atoms with van der Waals surface area (Å²) < 4.78 is 26.0. The van der Waals surface area contributed by atoms with Crippen molar-refractivity contribution in [1.82, 2.24) is 4.98 Å². The molecule has 0 amide bonds. The topological polar surface area (TPSA) is 49.9 Å². The summed E-state index contributed by atoms with van der Waals surface area (Å²) in [4.78, 5) is 3.59. The summed E-state index contributed by atoms with van der Waals surface area (Å²) in [6, 6.07) is 11.8. The Kier molecular flexibility index (Phi) is 3.82. The molecule has 0 aliphatic heterocycles. The van der Waals surface area contributed by atoms with Gasteiger partial charge in [-0.1, -0.05) is 12.1 Å². The highest BCUT2D eigenvalue weighted by molar-refractivity contribution is 9.10. The minimum absolute atomic E-state index is 0.257. The summed E-state index contributed by atoms with van der Waals surface area (Å²) in [5, 5.41) is 0.832.